The number of benzene rings is 1. The summed E-state index contributed by atoms with van der Waals surface area (Å²) in [6.07, 6.45) is -2.20. The third-order valence-electron chi connectivity index (χ3n) is 1.76. The molecule has 0 aliphatic rings. The van der Waals surface area contributed by atoms with E-state index in [0.29, 0.717) is 0 Å². The highest BCUT2D eigenvalue weighted by Crippen LogP contribution is 2.34. The van der Waals surface area contributed by atoms with Crippen molar-refractivity contribution in [2.75, 3.05) is 6.54 Å². The first-order valence-corrected chi connectivity index (χ1v) is 4.19. The van der Waals surface area contributed by atoms with Crippen molar-refractivity contribution in [1.29, 1.82) is 0 Å². The number of alkyl halides is 3. The zero-order chi connectivity index (χ0) is 11.5. The Morgan fingerprint density at radius 1 is 1.27 bits per heavy atom. The SMILES string of the molecule is NC/C=C/c1cccc(F)c1C(F)(F)F. The van der Waals surface area contributed by atoms with Crippen molar-refractivity contribution in [2.45, 2.75) is 6.18 Å². The second-order valence-corrected chi connectivity index (χ2v) is 2.84. The van der Waals surface area contributed by atoms with Gasteiger partial charge in [0.05, 0.1) is 5.56 Å². The van der Waals surface area contributed by atoms with Crippen LogP contribution in [0.15, 0.2) is 24.3 Å². The minimum Gasteiger partial charge on any atom is -0.327 e. The molecule has 1 rings (SSSR count). The highest BCUT2D eigenvalue weighted by Gasteiger charge is 2.35. The first-order valence-electron chi connectivity index (χ1n) is 4.19. The van der Waals surface area contributed by atoms with E-state index in [9.17, 15) is 17.6 Å². The first-order chi connectivity index (χ1) is 6.96. The molecular weight excluding hydrogens is 210 g/mol. The van der Waals surface area contributed by atoms with E-state index in [-0.39, 0.29) is 12.1 Å². The van der Waals surface area contributed by atoms with Gasteiger partial charge in [-0.15, -0.1) is 0 Å². The van der Waals surface area contributed by atoms with Gasteiger partial charge in [-0.2, -0.15) is 13.2 Å². The molecule has 0 radical (unpaired) electrons. The molecule has 0 atom stereocenters. The van der Waals surface area contributed by atoms with Crippen molar-refractivity contribution in [2.24, 2.45) is 5.73 Å². The standard InChI is InChI=1S/C10H9F4N/c11-8-5-1-3-7(4-2-6-15)9(8)10(12,13)14/h1-5H,6,15H2/b4-2+. The summed E-state index contributed by atoms with van der Waals surface area (Å²) in [6.45, 7) is 0.105. The third-order valence-corrected chi connectivity index (χ3v) is 1.76. The monoisotopic (exact) mass is 219 g/mol. The molecule has 1 aromatic rings. The van der Waals surface area contributed by atoms with Crippen LogP contribution in [0.25, 0.3) is 6.08 Å². The average Bonchev–Trinajstić information content (AvgIpc) is 2.12. The minimum absolute atomic E-state index is 0.105. The van der Waals surface area contributed by atoms with E-state index in [1.807, 2.05) is 0 Å². The molecule has 0 amide bonds. The molecule has 5 heteroatoms. The number of hydrogen-bond donors (Lipinski definition) is 1. The molecular formula is C10H9F4N. The predicted octanol–water partition coefficient (Wildman–Crippen LogP) is 2.82. The van der Waals surface area contributed by atoms with Crippen LogP contribution in [0.4, 0.5) is 17.6 Å². The van der Waals surface area contributed by atoms with Crippen LogP contribution >= 0.6 is 0 Å². The summed E-state index contributed by atoms with van der Waals surface area (Å²) in [6, 6.07) is 3.20. The van der Waals surface area contributed by atoms with E-state index in [1.165, 1.54) is 18.2 Å². The quantitative estimate of drug-likeness (QED) is 0.760. The van der Waals surface area contributed by atoms with E-state index in [0.717, 1.165) is 12.1 Å². The average molecular weight is 219 g/mol. The number of nitrogens with two attached hydrogens (primary N) is 1. The van der Waals surface area contributed by atoms with Crippen LogP contribution in [0.2, 0.25) is 0 Å². The molecule has 0 aliphatic carbocycles. The fourth-order valence-corrected chi connectivity index (χ4v) is 1.17. The van der Waals surface area contributed by atoms with Crippen LogP contribution in [0.3, 0.4) is 0 Å². The molecule has 0 saturated heterocycles. The lowest BCUT2D eigenvalue weighted by Crippen LogP contribution is -2.10. The van der Waals surface area contributed by atoms with E-state index in [4.69, 9.17) is 5.73 Å². The van der Waals surface area contributed by atoms with Gasteiger partial charge in [-0.3, -0.25) is 0 Å². The Morgan fingerprint density at radius 2 is 1.93 bits per heavy atom. The van der Waals surface area contributed by atoms with Crippen LogP contribution in [0, 0.1) is 5.82 Å². The largest absolute Gasteiger partial charge is 0.419 e. The van der Waals surface area contributed by atoms with Crippen LogP contribution in [-0.2, 0) is 6.18 Å². The molecule has 0 spiro atoms. The molecule has 0 heterocycles. The lowest BCUT2D eigenvalue weighted by atomic mass is 10.1. The smallest absolute Gasteiger partial charge is 0.327 e. The number of hydrogen-bond acceptors (Lipinski definition) is 1. The third kappa shape index (κ3) is 2.79. The van der Waals surface area contributed by atoms with Gasteiger partial charge in [0.15, 0.2) is 0 Å². The topological polar surface area (TPSA) is 26.0 Å². The van der Waals surface area contributed by atoms with Gasteiger partial charge in [-0.05, 0) is 11.6 Å². The van der Waals surface area contributed by atoms with Gasteiger partial charge in [0.2, 0.25) is 0 Å². The van der Waals surface area contributed by atoms with Gasteiger partial charge in [-0.25, -0.2) is 4.39 Å². The van der Waals surface area contributed by atoms with Crippen LogP contribution in [-0.4, -0.2) is 6.54 Å². The second kappa shape index (κ2) is 4.44. The first kappa shape index (κ1) is 11.7. The zero-order valence-electron chi connectivity index (χ0n) is 7.68. The molecule has 1 aromatic carbocycles. The summed E-state index contributed by atoms with van der Waals surface area (Å²) in [5.41, 5.74) is 3.64. The van der Waals surface area contributed by atoms with Crippen LogP contribution in [0.1, 0.15) is 11.1 Å². The Labute approximate surface area is 84.2 Å². The maximum Gasteiger partial charge on any atom is 0.419 e. The molecule has 2 N–H and O–H groups in total. The summed E-state index contributed by atoms with van der Waals surface area (Å²) < 4.78 is 50.3. The number of rotatable bonds is 2. The lowest BCUT2D eigenvalue weighted by Gasteiger charge is -2.10. The highest BCUT2D eigenvalue weighted by molar-refractivity contribution is 5.55. The van der Waals surface area contributed by atoms with Gasteiger partial charge in [0.25, 0.3) is 0 Å². The summed E-state index contributed by atoms with van der Waals surface area (Å²) in [5.74, 6) is -1.28. The van der Waals surface area contributed by atoms with Crippen molar-refractivity contribution >= 4 is 6.08 Å². The summed E-state index contributed by atoms with van der Waals surface area (Å²) in [5, 5.41) is 0. The molecule has 1 nitrogen and oxygen atoms in total. The molecule has 0 aliphatic heterocycles. The van der Waals surface area contributed by atoms with Gasteiger partial charge < -0.3 is 5.73 Å². The molecule has 0 fully saturated rings. The molecule has 0 bridgehead atoms. The van der Waals surface area contributed by atoms with Crippen LogP contribution in [0.5, 0.6) is 0 Å². The second-order valence-electron chi connectivity index (χ2n) is 2.84. The van der Waals surface area contributed by atoms with Crippen LogP contribution < -0.4 is 5.73 Å². The normalized spacial score (nSPS) is 12.3. The van der Waals surface area contributed by atoms with Crippen molar-refractivity contribution in [3.8, 4) is 0 Å². The van der Waals surface area contributed by atoms with Gasteiger partial charge in [-0.1, -0.05) is 24.3 Å². The molecule has 82 valence electrons. The van der Waals surface area contributed by atoms with E-state index < -0.39 is 17.6 Å². The fourth-order valence-electron chi connectivity index (χ4n) is 1.17. The van der Waals surface area contributed by atoms with Crippen molar-refractivity contribution in [3.05, 3.63) is 41.2 Å². The summed E-state index contributed by atoms with van der Waals surface area (Å²) >= 11 is 0. The van der Waals surface area contributed by atoms with E-state index in [2.05, 4.69) is 0 Å². The van der Waals surface area contributed by atoms with Crippen molar-refractivity contribution in [1.82, 2.24) is 0 Å². The summed E-state index contributed by atoms with van der Waals surface area (Å²) in [4.78, 5) is 0. The number of halogens is 4. The maximum absolute atomic E-state index is 13.0. The van der Waals surface area contributed by atoms with Crippen molar-refractivity contribution < 1.29 is 17.6 Å². The lowest BCUT2D eigenvalue weighted by molar-refractivity contribution is -0.140. The predicted molar refractivity (Wildman–Crippen MR) is 49.5 cm³/mol. The Bertz CT molecular complexity index is 368. The molecule has 0 aromatic heterocycles. The van der Waals surface area contributed by atoms with Gasteiger partial charge in [0, 0.05) is 6.54 Å². The Balaban J connectivity index is 3.27. The van der Waals surface area contributed by atoms with Gasteiger partial charge in [0.1, 0.15) is 5.82 Å². The summed E-state index contributed by atoms with van der Waals surface area (Å²) in [7, 11) is 0. The maximum atomic E-state index is 13.0. The zero-order valence-corrected chi connectivity index (χ0v) is 7.68. The van der Waals surface area contributed by atoms with E-state index >= 15 is 0 Å². The molecule has 15 heavy (non-hydrogen) atoms. The molecule has 0 saturated carbocycles. The highest BCUT2D eigenvalue weighted by atomic mass is 19.4. The van der Waals surface area contributed by atoms with E-state index in [1.54, 1.807) is 0 Å². The Morgan fingerprint density at radius 3 is 2.47 bits per heavy atom. The Hall–Kier alpha value is -1.36. The Kier molecular flexibility index (Phi) is 3.47. The fraction of sp³-hybridized carbons (Fsp3) is 0.200. The molecule has 0 unspecified atom stereocenters. The van der Waals surface area contributed by atoms with Gasteiger partial charge >= 0.3 is 6.18 Å². The van der Waals surface area contributed by atoms with Crippen molar-refractivity contribution in [3.63, 3.8) is 0 Å². The minimum atomic E-state index is -4.69.